The van der Waals surface area contributed by atoms with E-state index in [-0.39, 0.29) is 35.5 Å². The van der Waals surface area contributed by atoms with E-state index in [1.165, 1.54) is 48.4 Å². The van der Waals surface area contributed by atoms with Crippen LogP contribution < -0.4 is 14.4 Å². The van der Waals surface area contributed by atoms with Crippen molar-refractivity contribution < 1.29 is 27.1 Å². The van der Waals surface area contributed by atoms with Crippen molar-refractivity contribution in [1.29, 1.82) is 0 Å². The van der Waals surface area contributed by atoms with Crippen molar-refractivity contribution in [3.8, 4) is 5.75 Å². The molecule has 0 unspecified atom stereocenters. The largest absolute Gasteiger partial charge is 0.497 e. The zero-order valence-corrected chi connectivity index (χ0v) is 29.1. The molecule has 0 aromatic heterocycles. The van der Waals surface area contributed by atoms with Crippen molar-refractivity contribution in [3.63, 3.8) is 0 Å². The van der Waals surface area contributed by atoms with E-state index in [2.05, 4.69) is 21.2 Å². The Morgan fingerprint density at radius 3 is 2.21 bits per heavy atom. The minimum absolute atomic E-state index is 0.00138. The lowest BCUT2D eigenvalue weighted by Crippen LogP contribution is -2.55. The fourth-order valence-electron chi connectivity index (χ4n) is 5.94. The molecule has 1 atom stereocenters. The van der Waals surface area contributed by atoms with Crippen LogP contribution in [0.15, 0.2) is 112 Å². The number of nitrogens with one attached hydrogen (secondary N) is 1. The van der Waals surface area contributed by atoms with Crippen LogP contribution in [0.2, 0.25) is 0 Å². The second-order valence-corrected chi connectivity index (χ2v) is 14.6. The molecule has 48 heavy (non-hydrogen) atoms. The smallest absolute Gasteiger partial charge is 0.264 e. The fraction of sp³-hybridized carbons (Fsp3) is 0.297. The highest BCUT2D eigenvalue weighted by Crippen LogP contribution is 2.27. The first-order valence-corrected chi connectivity index (χ1v) is 18.2. The molecule has 1 aliphatic carbocycles. The van der Waals surface area contributed by atoms with Gasteiger partial charge in [-0.25, -0.2) is 12.8 Å². The van der Waals surface area contributed by atoms with Crippen molar-refractivity contribution in [1.82, 2.24) is 10.2 Å². The van der Waals surface area contributed by atoms with Crippen molar-refractivity contribution in [2.75, 3.05) is 18.0 Å². The third-order valence-corrected chi connectivity index (χ3v) is 10.8. The molecule has 0 saturated heterocycles. The Hall–Kier alpha value is -4.22. The van der Waals surface area contributed by atoms with Crippen LogP contribution in [0.25, 0.3) is 0 Å². The number of carbonyl (C=O) groups excluding carboxylic acids is 2. The SMILES string of the molecule is COc1ccc(S(=O)(=O)N(CC(=O)N(Cc2cccc(Br)c2)[C@H](Cc2ccccc2)C(=O)NC2CCCCC2)c2ccc(F)cc2)cc1. The Morgan fingerprint density at radius 2 is 1.56 bits per heavy atom. The summed E-state index contributed by atoms with van der Waals surface area (Å²) in [6, 6.07) is 26.7. The summed E-state index contributed by atoms with van der Waals surface area (Å²) in [7, 11) is -2.85. The van der Waals surface area contributed by atoms with E-state index in [1.54, 1.807) is 0 Å². The summed E-state index contributed by atoms with van der Waals surface area (Å²) < 4.78 is 49.3. The monoisotopic (exact) mass is 735 g/mol. The van der Waals surface area contributed by atoms with E-state index >= 15 is 0 Å². The molecule has 0 bridgehead atoms. The van der Waals surface area contributed by atoms with Crippen molar-refractivity contribution in [2.45, 2.75) is 62.0 Å². The molecule has 0 heterocycles. The normalized spacial score (nSPS) is 14.1. The topological polar surface area (TPSA) is 96.0 Å². The molecule has 1 N–H and O–H groups in total. The predicted molar refractivity (Wildman–Crippen MR) is 188 cm³/mol. The lowest BCUT2D eigenvalue weighted by Gasteiger charge is -2.35. The lowest BCUT2D eigenvalue weighted by molar-refractivity contribution is -0.140. The zero-order valence-electron chi connectivity index (χ0n) is 26.7. The van der Waals surface area contributed by atoms with E-state index in [0.29, 0.717) is 5.75 Å². The Kier molecular flexibility index (Phi) is 11.9. The van der Waals surface area contributed by atoms with Crippen molar-refractivity contribution >= 4 is 43.5 Å². The number of hydrogen-bond acceptors (Lipinski definition) is 5. The average molecular weight is 737 g/mol. The van der Waals surface area contributed by atoms with Gasteiger partial charge in [0.15, 0.2) is 0 Å². The summed E-state index contributed by atoms with van der Waals surface area (Å²) in [5, 5.41) is 3.20. The number of ether oxygens (including phenoxy) is 1. The van der Waals surface area contributed by atoms with Gasteiger partial charge in [0.05, 0.1) is 17.7 Å². The number of anilines is 1. The van der Waals surface area contributed by atoms with Gasteiger partial charge in [-0.1, -0.05) is 77.7 Å². The number of rotatable bonds is 13. The molecule has 2 amide bonds. The van der Waals surface area contributed by atoms with Gasteiger partial charge in [0.25, 0.3) is 10.0 Å². The average Bonchev–Trinajstić information content (AvgIpc) is 3.10. The van der Waals surface area contributed by atoms with Crippen LogP contribution in [0.1, 0.15) is 43.2 Å². The molecular weight excluding hydrogens is 697 g/mol. The van der Waals surface area contributed by atoms with E-state index < -0.39 is 34.3 Å². The van der Waals surface area contributed by atoms with Gasteiger partial charge >= 0.3 is 0 Å². The van der Waals surface area contributed by atoms with Gasteiger partial charge in [0.2, 0.25) is 11.8 Å². The maximum absolute atomic E-state index is 14.6. The number of halogens is 2. The minimum atomic E-state index is -4.33. The first-order chi connectivity index (χ1) is 23.1. The number of sulfonamides is 1. The molecule has 0 aliphatic heterocycles. The third-order valence-electron chi connectivity index (χ3n) is 8.51. The summed E-state index contributed by atoms with van der Waals surface area (Å²) in [6.45, 7) is -0.580. The Labute approximate surface area is 290 Å². The molecule has 5 rings (SSSR count). The number of methoxy groups -OCH3 is 1. The molecule has 252 valence electrons. The summed E-state index contributed by atoms with van der Waals surface area (Å²) in [4.78, 5) is 30.2. The van der Waals surface area contributed by atoms with E-state index in [4.69, 9.17) is 4.74 Å². The predicted octanol–water partition coefficient (Wildman–Crippen LogP) is 6.88. The first-order valence-electron chi connectivity index (χ1n) is 15.9. The molecule has 0 radical (unpaired) electrons. The second kappa shape index (κ2) is 16.3. The van der Waals surface area contributed by atoms with Gasteiger partial charge in [0.1, 0.15) is 24.2 Å². The van der Waals surface area contributed by atoms with E-state index in [0.717, 1.165) is 64.1 Å². The standard InChI is InChI=1S/C37H39BrFN3O5S/c1-47-33-19-21-34(22-20-33)48(45,46)42(32-17-15-30(39)16-18-32)26-36(43)41(25-28-11-8-12-29(38)23-28)35(24-27-9-4-2-5-10-27)37(44)40-31-13-6-3-7-14-31/h2,4-5,8-12,15-23,31,35H,3,6-7,13-14,24-26H2,1H3,(H,40,44)/t35-/m1/s1. The molecule has 1 saturated carbocycles. The van der Waals surface area contributed by atoms with Crippen LogP contribution in [-0.2, 0) is 32.6 Å². The summed E-state index contributed by atoms with van der Waals surface area (Å²) in [6.07, 6.45) is 5.11. The van der Waals surface area contributed by atoms with Crippen LogP contribution in [0.4, 0.5) is 10.1 Å². The minimum Gasteiger partial charge on any atom is -0.497 e. The van der Waals surface area contributed by atoms with Crippen LogP contribution in [0.3, 0.4) is 0 Å². The number of amides is 2. The number of carbonyl (C=O) groups is 2. The fourth-order valence-corrected chi connectivity index (χ4v) is 7.80. The van der Waals surface area contributed by atoms with Gasteiger partial charge in [0, 0.05) is 23.5 Å². The van der Waals surface area contributed by atoms with E-state index in [1.807, 2.05) is 54.6 Å². The second-order valence-electron chi connectivity index (χ2n) is 11.9. The Bertz CT molecular complexity index is 1780. The van der Waals surface area contributed by atoms with Crippen LogP contribution in [0, 0.1) is 5.82 Å². The van der Waals surface area contributed by atoms with Gasteiger partial charge in [-0.2, -0.15) is 0 Å². The number of nitrogens with zero attached hydrogens (tertiary/aromatic N) is 2. The number of hydrogen-bond donors (Lipinski definition) is 1. The first kappa shape index (κ1) is 35.1. The van der Waals surface area contributed by atoms with Gasteiger partial charge in [-0.15, -0.1) is 0 Å². The van der Waals surface area contributed by atoms with Gasteiger partial charge in [-0.3, -0.25) is 13.9 Å². The van der Waals surface area contributed by atoms with Crippen LogP contribution in [0.5, 0.6) is 5.75 Å². The molecule has 0 spiro atoms. The molecule has 4 aromatic carbocycles. The van der Waals surface area contributed by atoms with E-state index in [9.17, 15) is 22.4 Å². The summed E-state index contributed by atoms with van der Waals surface area (Å²) >= 11 is 3.50. The highest BCUT2D eigenvalue weighted by Gasteiger charge is 2.35. The summed E-state index contributed by atoms with van der Waals surface area (Å²) in [5.74, 6) is -0.965. The molecular formula is C37H39BrFN3O5S. The van der Waals surface area contributed by atoms with Crippen molar-refractivity contribution in [2.24, 2.45) is 0 Å². The highest BCUT2D eigenvalue weighted by atomic mass is 79.9. The van der Waals surface area contributed by atoms with Crippen LogP contribution in [-0.4, -0.2) is 50.9 Å². The quantitative estimate of drug-likeness (QED) is 0.162. The van der Waals surface area contributed by atoms with Crippen LogP contribution >= 0.6 is 15.9 Å². The zero-order chi connectivity index (χ0) is 34.1. The lowest BCUT2D eigenvalue weighted by atomic mass is 9.94. The Morgan fingerprint density at radius 1 is 0.896 bits per heavy atom. The maximum Gasteiger partial charge on any atom is 0.264 e. The van der Waals surface area contributed by atoms with Crippen molar-refractivity contribution in [3.05, 3.63) is 125 Å². The summed E-state index contributed by atoms with van der Waals surface area (Å²) in [5.41, 5.74) is 1.72. The molecule has 11 heteroatoms. The Balaban J connectivity index is 1.56. The van der Waals surface area contributed by atoms with Gasteiger partial charge in [-0.05, 0) is 84.6 Å². The highest BCUT2D eigenvalue weighted by molar-refractivity contribution is 9.10. The molecule has 8 nitrogen and oxygen atoms in total. The third kappa shape index (κ3) is 9.02. The molecule has 1 fully saturated rings. The number of benzene rings is 4. The molecule has 4 aromatic rings. The van der Waals surface area contributed by atoms with Gasteiger partial charge < -0.3 is 15.0 Å². The maximum atomic E-state index is 14.6. The molecule has 1 aliphatic rings.